The number of rotatable bonds is 5. The van der Waals surface area contributed by atoms with Crippen molar-refractivity contribution in [2.75, 3.05) is 14.2 Å². The summed E-state index contributed by atoms with van der Waals surface area (Å²) in [6, 6.07) is 5.75. The van der Waals surface area contributed by atoms with Crippen molar-refractivity contribution >= 4 is 11.6 Å². The minimum Gasteiger partial charge on any atom is -0.497 e. The van der Waals surface area contributed by atoms with E-state index in [4.69, 9.17) is 20.9 Å². The first kappa shape index (κ1) is 14.9. The van der Waals surface area contributed by atoms with E-state index >= 15 is 0 Å². The maximum absolute atomic E-state index is 6.26. The Balaban J connectivity index is 2.06. The zero-order valence-corrected chi connectivity index (χ0v) is 13.0. The van der Waals surface area contributed by atoms with Gasteiger partial charge in [0.25, 0.3) is 0 Å². The lowest BCUT2D eigenvalue weighted by Crippen LogP contribution is -2.18. The summed E-state index contributed by atoms with van der Waals surface area (Å²) in [6.07, 6.45) is 0. The van der Waals surface area contributed by atoms with Crippen molar-refractivity contribution in [3.05, 3.63) is 45.8 Å². The van der Waals surface area contributed by atoms with Gasteiger partial charge in [0.15, 0.2) is 0 Å². The molecule has 0 amide bonds. The van der Waals surface area contributed by atoms with Crippen molar-refractivity contribution in [2.45, 2.75) is 26.9 Å². The molecule has 0 unspecified atom stereocenters. The topological polar surface area (TPSA) is 38.5 Å². The van der Waals surface area contributed by atoms with Crippen molar-refractivity contribution in [3.8, 4) is 5.75 Å². The molecule has 108 valence electrons. The quantitative estimate of drug-likeness (QED) is 0.845. The molecule has 0 bridgehead atoms. The summed E-state index contributed by atoms with van der Waals surface area (Å²) < 4.78 is 10.3. The molecule has 5 heteroatoms. The van der Waals surface area contributed by atoms with E-state index in [0.717, 1.165) is 46.4 Å². The van der Waals surface area contributed by atoms with Gasteiger partial charge in [-0.05, 0) is 38.6 Å². The van der Waals surface area contributed by atoms with Crippen LogP contribution in [0.1, 0.15) is 22.6 Å². The lowest BCUT2D eigenvalue weighted by atomic mass is 10.1. The number of nitrogens with zero attached hydrogens (tertiary/aromatic N) is 2. The van der Waals surface area contributed by atoms with Crippen molar-refractivity contribution in [1.29, 1.82) is 0 Å². The predicted octanol–water partition coefficient (Wildman–Crippen LogP) is 3.59. The Morgan fingerprint density at radius 1 is 1.30 bits per heavy atom. The van der Waals surface area contributed by atoms with Crippen LogP contribution in [-0.2, 0) is 13.1 Å². The lowest BCUT2D eigenvalue weighted by Gasteiger charge is -2.17. The molecule has 0 radical (unpaired) electrons. The Hall–Kier alpha value is -1.52. The zero-order chi connectivity index (χ0) is 14.7. The van der Waals surface area contributed by atoms with Gasteiger partial charge in [-0.25, -0.2) is 0 Å². The fourth-order valence-corrected chi connectivity index (χ4v) is 2.36. The van der Waals surface area contributed by atoms with Crippen molar-refractivity contribution in [2.24, 2.45) is 0 Å². The third kappa shape index (κ3) is 3.32. The van der Waals surface area contributed by atoms with Gasteiger partial charge in [-0.1, -0.05) is 22.8 Å². The summed E-state index contributed by atoms with van der Waals surface area (Å²) in [5.41, 5.74) is 3.15. The normalized spacial score (nSPS) is 11.1. The molecule has 1 aromatic carbocycles. The van der Waals surface area contributed by atoms with E-state index in [0.29, 0.717) is 0 Å². The number of halogens is 1. The number of benzene rings is 1. The molecule has 0 fully saturated rings. The van der Waals surface area contributed by atoms with Gasteiger partial charge >= 0.3 is 0 Å². The molecule has 0 saturated heterocycles. The zero-order valence-electron chi connectivity index (χ0n) is 12.2. The summed E-state index contributed by atoms with van der Waals surface area (Å²) in [6.45, 7) is 5.43. The SMILES string of the molecule is COc1ccc(CN(C)Cc2c(C)noc2C)c(Cl)c1. The molecule has 0 aliphatic rings. The van der Waals surface area contributed by atoms with Crippen LogP contribution in [0.3, 0.4) is 0 Å². The Bertz CT molecular complexity index is 576. The van der Waals surface area contributed by atoms with Crippen LogP contribution in [0.5, 0.6) is 5.75 Å². The Kier molecular flexibility index (Phi) is 4.68. The first-order valence-electron chi connectivity index (χ1n) is 6.44. The average molecular weight is 295 g/mol. The van der Waals surface area contributed by atoms with Gasteiger partial charge in [0.2, 0.25) is 0 Å². The maximum Gasteiger partial charge on any atom is 0.138 e. The minimum atomic E-state index is 0.718. The van der Waals surface area contributed by atoms with Crippen LogP contribution in [0.2, 0.25) is 5.02 Å². The highest BCUT2D eigenvalue weighted by Crippen LogP contribution is 2.24. The lowest BCUT2D eigenvalue weighted by molar-refractivity contribution is 0.314. The monoisotopic (exact) mass is 294 g/mol. The standard InChI is InChI=1S/C15H19ClN2O2/c1-10-14(11(2)20-17-10)9-18(3)8-12-5-6-13(19-4)7-15(12)16/h5-7H,8-9H2,1-4H3. The van der Waals surface area contributed by atoms with E-state index in [1.807, 2.05) is 39.1 Å². The second-order valence-corrected chi connectivity index (χ2v) is 5.34. The van der Waals surface area contributed by atoms with Crippen LogP contribution in [-0.4, -0.2) is 24.2 Å². The van der Waals surface area contributed by atoms with Crippen LogP contribution in [0.15, 0.2) is 22.7 Å². The molecular weight excluding hydrogens is 276 g/mol. The number of hydrogen-bond donors (Lipinski definition) is 0. The molecule has 1 aromatic heterocycles. The van der Waals surface area contributed by atoms with Crippen LogP contribution in [0.4, 0.5) is 0 Å². The molecular formula is C15H19ClN2O2. The molecule has 0 saturated carbocycles. The van der Waals surface area contributed by atoms with E-state index in [1.54, 1.807) is 7.11 Å². The summed E-state index contributed by atoms with van der Waals surface area (Å²) in [5.74, 6) is 1.64. The first-order valence-corrected chi connectivity index (χ1v) is 6.81. The molecule has 0 atom stereocenters. The molecule has 20 heavy (non-hydrogen) atoms. The van der Waals surface area contributed by atoms with E-state index in [1.165, 1.54) is 0 Å². The van der Waals surface area contributed by atoms with Gasteiger partial charge in [0.05, 0.1) is 12.8 Å². The third-order valence-electron chi connectivity index (χ3n) is 3.31. The van der Waals surface area contributed by atoms with Crippen LogP contribution >= 0.6 is 11.6 Å². The fraction of sp³-hybridized carbons (Fsp3) is 0.400. The summed E-state index contributed by atoms with van der Waals surface area (Å²) >= 11 is 6.26. The van der Waals surface area contributed by atoms with Crippen LogP contribution < -0.4 is 4.74 Å². The second-order valence-electron chi connectivity index (χ2n) is 4.93. The molecule has 0 spiro atoms. The molecule has 1 heterocycles. The third-order valence-corrected chi connectivity index (χ3v) is 3.66. The van der Waals surface area contributed by atoms with Gasteiger partial charge in [-0.3, -0.25) is 4.90 Å². The molecule has 0 aliphatic carbocycles. The van der Waals surface area contributed by atoms with E-state index < -0.39 is 0 Å². The number of aromatic nitrogens is 1. The Labute approximate surface area is 124 Å². The van der Waals surface area contributed by atoms with Gasteiger partial charge in [0, 0.05) is 23.7 Å². The summed E-state index contributed by atoms with van der Waals surface area (Å²) in [5, 5.41) is 4.69. The number of hydrogen-bond acceptors (Lipinski definition) is 4. The van der Waals surface area contributed by atoms with Crippen molar-refractivity contribution in [1.82, 2.24) is 10.1 Å². The fourth-order valence-electron chi connectivity index (χ4n) is 2.13. The highest BCUT2D eigenvalue weighted by atomic mass is 35.5. The van der Waals surface area contributed by atoms with E-state index in [9.17, 15) is 0 Å². The maximum atomic E-state index is 6.26. The van der Waals surface area contributed by atoms with E-state index in [-0.39, 0.29) is 0 Å². The molecule has 2 aromatic rings. The van der Waals surface area contributed by atoms with Gasteiger partial charge in [-0.15, -0.1) is 0 Å². The first-order chi connectivity index (χ1) is 9.51. The highest BCUT2D eigenvalue weighted by Gasteiger charge is 2.12. The van der Waals surface area contributed by atoms with Crippen LogP contribution in [0, 0.1) is 13.8 Å². The van der Waals surface area contributed by atoms with Crippen molar-refractivity contribution < 1.29 is 9.26 Å². The largest absolute Gasteiger partial charge is 0.497 e. The molecule has 0 N–H and O–H groups in total. The van der Waals surface area contributed by atoms with Gasteiger partial charge < -0.3 is 9.26 Å². The van der Waals surface area contributed by atoms with E-state index in [2.05, 4.69) is 10.1 Å². The van der Waals surface area contributed by atoms with Gasteiger partial charge in [-0.2, -0.15) is 0 Å². The number of ether oxygens (including phenoxy) is 1. The molecule has 0 aliphatic heterocycles. The van der Waals surface area contributed by atoms with Gasteiger partial charge in [0.1, 0.15) is 11.5 Å². The molecule has 2 rings (SSSR count). The van der Waals surface area contributed by atoms with Crippen molar-refractivity contribution in [3.63, 3.8) is 0 Å². The number of methoxy groups -OCH3 is 1. The summed E-state index contributed by atoms with van der Waals surface area (Å²) in [7, 11) is 3.68. The van der Waals surface area contributed by atoms with Crippen LogP contribution in [0.25, 0.3) is 0 Å². The second kappa shape index (κ2) is 6.29. The average Bonchev–Trinajstić information content (AvgIpc) is 2.73. The minimum absolute atomic E-state index is 0.718. The smallest absolute Gasteiger partial charge is 0.138 e. The highest BCUT2D eigenvalue weighted by molar-refractivity contribution is 6.31. The Morgan fingerprint density at radius 2 is 2.05 bits per heavy atom. The predicted molar refractivity (Wildman–Crippen MR) is 79.2 cm³/mol. The summed E-state index contributed by atoms with van der Waals surface area (Å²) in [4.78, 5) is 2.18. The molecule has 4 nitrogen and oxygen atoms in total. The Morgan fingerprint density at radius 3 is 2.60 bits per heavy atom. The number of aryl methyl sites for hydroxylation is 2.